The lowest BCUT2D eigenvalue weighted by Crippen LogP contribution is -2.17. The molecule has 0 saturated carbocycles. The molecule has 0 saturated heterocycles. The molecule has 2 rings (SSSR count). The SMILES string of the molecule is CCNCc1ccc(N(C)Cc2ccc(F)cc2)cc1Br. The molecule has 0 spiro atoms. The lowest BCUT2D eigenvalue weighted by Gasteiger charge is -2.20. The van der Waals surface area contributed by atoms with E-state index in [2.05, 4.69) is 51.3 Å². The van der Waals surface area contributed by atoms with Gasteiger partial charge in [0.15, 0.2) is 0 Å². The van der Waals surface area contributed by atoms with E-state index < -0.39 is 0 Å². The molecule has 0 fully saturated rings. The van der Waals surface area contributed by atoms with Crippen molar-refractivity contribution in [3.63, 3.8) is 0 Å². The van der Waals surface area contributed by atoms with Crippen LogP contribution < -0.4 is 10.2 Å². The molecule has 112 valence electrons. The van der Waals surface area contributed by atoms with E-state index >= 15 is 0 Å². The molecule has 0 atom stereocenters. The third-order valence-electron chi connectivity index (χ3n) is 3.38. The van der Waals surface area contributed by atoms with Gasteiger partial charge in [0.25, 0.3) is 0 Å². The molecule has 4 heteroatoms. The van der Waals surface area contributed by atoms with Gasteiger partial charge >= 0.3 is 0 Å². The molecule has 0 bridgehead atoms. The monoisotopic (exact) mass is 350 g/mol. The molecule has 2 aromatic rings. The zero-order chi connectivity index (χ0) is 15.2. The highest BCUT2D eigenvalue weighted by molar-refractivity contribution is 9.10. The van der Waals surface area contributed by atoms with Gasteiger partial charge in [0, 0.05) is 30.3 Å². The maximum Gasteiger partial charge on any atom is 0.123 e. The Labute approximate surface area is 134 Å². The summed E-state index contributed by atoms with van der Waals surface area (Å²) in [5.74, 6) is -0.197. The molecule has 0 heterocycles. The van der Waals surface area contributed by atoms with Gasteiger partial charge < -0.3 is 10.2 Å². The molecule has 1 N–H and O–H groups in total. The Bertz CT molecular complexity index is 584. The van der Waals surface area contributed by atoms with Crippen LogP contribution in [0.3, 0.4) is 0 Å². The van der Waals surface area contributed by atoms with Crippen LogP contribution in [0.1, 0.15) is 18.1 Å². The van der Waals surface area contributed by atoms with Crippen molar-refractivity contribution in [1.29, 1.82) is 0 Å². The molecule has 0 amide bonds. The van der Waals surface area contributed by atoms with Crippen molar-refractivity contribution in [2.45, 2.75) is 20.0 Å². The lowest BCUT2D eigenvalue weighted by atomic mass is 10.1. The highest BCUT2D eigenvalue weighted by Crippen LogP contribution is 2.24. The number of rotatable bonds is 6. The van der Waals surface area contributed by atoms with E-state index in [1.807, 2.05) is 19.2 Å². The molecule has 0 radical (unpaired) electrons. The molecule has 21 heavy (non-hydrogen) atoms. The lowest BCUT2D eigenvalue weighted by molar-refractivity contribution is 0.627. The van der Waals surface area contributed by atoms with Gasteiger partial charge in [-0.15, -0.1) is 0 Å². The third-order valence-corrected chi connectivity index (χ3v) is 4.11. The summed E-state index contributed by atoms with van der Waals surface area (Å²) in [7, 11) is 2.04. The largest absolute Gasteiger partial charge is 0.370 e. The van der Waals surface area contributed by atoms with Crippen LogP contribution in [0.2, 0.25) is 0 Å². The van der Waals surface area contributed by atoms with Crippen molar-refractivity contribution < 1.29 is 4.39 Å². The smallest absolute Gasteiger partial charge is 0.123 e. The van der Waals surface area contributed by atoms with Gasteiger partial charge in [-0.1, -0.05) is 41.1 Å². The summed E-state index contributed by atoms with van der Waals surface area (Å²) in [6, 6.07) is 13.0. The van der Waals surface area contributed by atoms with E-state index in [9.17, 15) is 4.39 Å². The highest BCUT2D eigenvalue weighted by atomic mass is 79.9. The number of nitrogens with one attached hydrogen (secondary N) is 1. The standard InChI is InChI=1S/C17H20BrFN2/c1-3-20-11-14-6-9-16(10-17(14)18)21(2)12-13-4-7-15(19)8-5-13/h4-10,20H,3,11-12H2,1-2H3. The second kappa shape index (κ2) is 7.57. The third kappa shape index (κ3) is 4.55. The molecule has 2 aromatic carbocycles. The first-order valence-electron chi connectivity index (χ1n) is 7.05. The van der Waals surface area contributed by atoms with Gasteiger partial charge in [-0.3, -0.25) is 0 Å². The zero-order valence-corrected chi connectivity index (χ0v) is 14.0. The van der Waals surface area contributed by atoms with Gasteiger partial charge in [0.2, 0.25) is 0 Å². The number of nitrogens with zero attached hydrogens (tertiary/aromatic N) is 1. The van der Waals surface area contributed by atoms with Gasteiger partial charge in [0.1, 0.15) is 5.82 Å². The summed E-state index contributed by atoms with van der Waals surface area (Å²) in [5, 5.41) is 3.32. The Hall–Kier alpha value is -1.39. The Balaban J connectivity index is 2.06. The van der Waals surface area contributed by atoms with E-state index in [1.165, 1.54) is 17.7 Å². The minimum atomic E-state index is -0.197. The van der Waals surface area contributed by atoms with Crippen molar-refractivity contribution in [1.82, 2.24) is 5.32 Å². The fourth-order valence-corrected chi connectivity index (χ4v) is 2.64. The van der Waals surface area contributed by atoms with Crippen LogP contribution >= 0.6 is 15.9 Å². The number of benzene rings is 2. The predicted molar refractivity (Wildman–Crippen MR) is 90.0 cm³/mol. The Morgan fingerprint density at radius 3 is 2.48 bits per heavy atom. The minimum absolute atomic E-state index is 0.197. The number of anilines is 1. The first kappa shape index (κ1) is 16.0. The first-order valence-corrected chi connectivity index (χ1v) is 7.84. The second-order valence-electron chi connectivity index (χ2n) is 5.04. The van der Waals surface area contributed by atoms with E-state index in [0.29, 0.717) is 0 Å². The zero-order valence-electron chi connectivity index (χ0n) is 12.4. The average Bonchev–Trinajstić information content (AvgIpc) is 2.48. The van der Waals surface area contributed by atoms with E-state index in [1.54, 1.807) is 0 Å². The topological polar surface area (TPSA) is 15.3 Å². The van der Waals surface area contributed by atoms with E-state index in [-0.39, 0.29) is 5.82 Å². The summed E-state index contributed by atoms with van der Waals surface area (Å²) in [6.07, 6.45) is 0. The van der Waals surface area contributed by atoms with Crippen LogP contribution in [0.5, 0.6) is 0 Å². The first-order chi connectivity index (χ1) is 10.1. The van der Waals surface area contributed by atoms with Crippen molar-refractivity contribution in [2.24, 2.45) is 0 Å². The quantitative estimate of drug-likeness (QED) is 0.833. The number of hydrogen-bond acceptors (Lipinski definition) is 2. The van der Waals surface area contributed by atoms with Crippen molar-refractivity contribution in [2.75, 3.05) is 18.5 Å². The van der Waals surface area contributed by atoms with Crippen LogP contribution in [0.25, 0.3) is 0 Å². The predicted octanol–water partition coefficient (Wildman–Crippen LogP) is 4.33. The maximum atomic E-state index is 12.9. The second-order valence-corrected chi connectivity index (χ2v) is 5.89. The molecular weight excluding hydrogens is 331 g/mol. The summed E-state index contributed by atoms with van der Waals surface area (Å²) in [5.41, 5.74) is 3.47. The minimum Gasteiger partial charge on any atom is -0.370 e. The summed E-state index contributed by atoms with van der Waals surface area (Å²) >= 11 is 3.62. The average molecular weight is 351 g/mol. The van der Waals surface area contributed by atoms with Crippen molar-refractivity contribution in [3.8, 4) is 0 Å². The Morgan fingerprint density at radius 1 is 1.14 bits per heavy atom. The normalized spacial score (nSPS) is 10.7. The molecule has 0 aliphatic rings. The van der Waals surface area contributed by atoms with Crippen LogP contribution in [0.4, 0.5) is 10.1 Å². The van der Waals surface area contributed by atoms with Gasteiger partial charge in [-0.2, -0.15) is 0 Å². The molecular formula is C17H20BrFN2. The maximum absolute atomic E-state index is 12.9. The Kier molecular flexibility index (Phi) is 5.76. The molecule has 2 nitrogen and oxygen atoms in total. The van der Waals surface area contributed by atoms with Gasteiger partial charge in [-0.05, 0) is 41.9 Å². The fraction of sp³-hybridized carbons (Fsp3) is 0.294. The van der Waals surface area contributed by atoms with Crippen LogP contribution in [-0.2, 0) is 13.1 Å². The molecule has 0 unspecified atom stereocenters. The highest BCUT2D eigenvalue weighted by Gasteiger charge is 2.06. The Morgan fingerprint density at radius 2 is 1.86 bits per heavy atom. The molecule has 0 aliphatic carbocycles. The number of hydrogen-bond donors (Lipinski definition) is 1. The van der Waals surface area contributed by atoms with Crippen molar-refractivity contribution >= 4 is 21.6 Å². The number of halogens is 2. The van der Waals surface area contributed by atoms with E-state index in [4.69, 9.17) is 0 Å². The summed E-state index contributed by atoms with van der Waals surface area (Å²) < 4.78 is 14.0. The molecule has 0 aliphatic heterocycles. The van der Waals surface area contributed by atoms with Gasteiger partial charge in [-0.25, -0.2) is 4.39 Å². The van der Waals surface area contributed by atoms with E-state index in [0.717, 1.165) is 35.4 Å². The fourth-order valence-electron chi connectivity index (χ4n) is 2.13. The van der Waals surface area contributed by atoms with Crippen molar-refractivity contribution in [3.05, 3.63) is 63.9 Å². The summed E-state index contributed by atoms with van der Waals surface area (Å²) in [6.45, 7) is 4.66. The van der Waals surface area contributed by atoms with Gasteiger partial charge in [0.05, 0.1) is 0 Å². The molecule has 0 aromatic heterocycles. The van der Waals surface area contributed by atoms with Crippen LogP contribution in [0.15, 0.2) is 46.9 Å². The van der Waals surface area contributed by atoms with Crippen LogP contribution in [-0.4, -0.2) is 13.6 Å². The van der Waals surface area contributed by atoms with Crippen LogP contribution in [0, 0.1) is 5.82 Å². The summed E-state index contributed by atoms with van der Waals surface area (Å²) in [4.78, 5) is 2.15.